The Kier molecular flexibility index (Phi) is 8.32. The molecule has 3 rings (SSSR count). The number of benzene rings is 1. The van der Waals surface area contributed by atoms with Crippen LogP contribution in [0.4, 0.5) is 5.82 Å². The number of fused-ring (bicyclic) bond motifs is 1. The van der Waals surface area contributed by atoms with Crippen LogP contribution in [-0.2, 0) is 13.0 Å². The summed E-state index contributed by atoms with van der Waals surface area (Å²) in [7, 11) is 0. The van der Waals surface area contributed by atoms with Crippen molar-refractivity contribution in [1.82, 2.24) is 24.2 Å². The molecule has 0 atom stereocenters. The minimum absolute atomic E-state index is 0.197. The molecule has 10 heteroatoms. The summed E-state index contributed by atoms with van der Waals surface area (Å²) in [6.07, 6.45) is 3.99. The summed E-state index contributed by atoms with van der Waals surface area (Å²) < 4.78 is 10.5. The molecule has 0 aliphatic rings. The number of anilines is 1. The number of nitrogen functional groups attached to an aromatic ring is 1. The molecular formula is C21H27N7O2S. The first-order valence-electron chi connectivity index (χ1n) is 10.4. The van der Waals surface area contributed by atoms with Crippen LogP contribution in [0, 0.1) is 11.3 Å². The first-order chi connectivity index (χ1) is 15.1. The molecule has 1 aromatic carbocycles. The highest BCUT2D eigenvalue weighted by Gasteiger charge is 2.14. The van der Waals surface area contributed by atoms with Gasteiger partial charge in [0, 0.05) is 18.0 Å². The maximum absolute atomic E-state index is 12.4. The summed E-state index contributed by atoms with van der Waals surface area (Å²) in [5.74, 6) is 0.212. The SMILES string of the molecule is CCCCOc1nc(N)c2[nH]c(=O)n(CCCCNSc3cccc(CC#N)c3)c2n1. The van der Waals surface area contributed by atoms with Gasteiger partial charge in [0.25, 0.3) is 0 Å². The maximum atomic E-state index is 12.4. The number of hydrogen-bond acceptors (Lipinski definition) is 8. The fraction of sp³-hybridized carbons (Fsp3) is 0.429. The van der Waals surface area contributed by atoms with Crippen LogP contribution in [0.15, 0.2) is 34.0 Å². The van der Waals surface area contributed by atoms with Crippen molar-refractivity contribution in [2.24, 2.45) is 0 Å². The van der Waals surface area contributed by atoms with E-state index in [1.807, 2.05) is 24.3 Å². The van der Waals surface area contributed by atoms with Gasteiger partial charge in [0.05, 0.1) is 19.1 Å². The number of H-pyrrole nitrogens is 1. The van der Waals surface area contributed by atoms with Crippen LogP contribution in [0.1, 0.15) is 38.2 Å². The molecule has 0 bridgehead atoms. The summed E-state index contributed by atoms with van der Waals surface area (Å²) in [6.45, 7) is 3.89. The van der Waals surface area contributed by atoms with E-state index in [1.54, 1.807) is 4.57 Å². The summed E-state index contributed by atoms with van der Waals surface area (Å²) in [5, 5.41) is 8.81. The number of nitrogens with zero attached hydrogens (tertiary/aromatic N) is 4. The lowest BCUT2D eigenvalue weighted by molar-refractivity contribution is 0.286. The fourth-order valence-electron chi connectivity index (χ4n) is 3.02. The quantitative estimate of drug-likeness (QED) is 0.288. The Balaban J connectivity index is 1.52. The van der Waals surface area contributed by atoms with Crippen molar-refractivity contribution < 1.29 is 4.74 Å². The third-order valence-electron chi connectivity index (χ3n) is 4.64. The van der Waals surface area contributed by atoms with Gasteiger partial charge in [0.15, 0.2) is 11.5 Å². The van der Waals surface area contributed by atoms with Gasteiger partial charge in [0.1, 0.15) is 5.52 Å². The largest absolute Gasteiger partial charge is 0.463 e. The highest BCUT2D eigenvalue weighted by Crippen LogP contribution is 2.19. The Labute approximate surface area is 185 Å². The summed E-state index contributed by atoms with van der Waals surface area (Å²) in [5.41, 5.74) is 7.65. The van der Waals surface area contributed by atoms with Crippen molar-refractivity contribution >= 4 is 28.9 Å². The molecule has 0 aliphatic heterocycles. The molecule has 2 heterocycles. The van der Waals surface area contributed by atoms with Gasteiger partial charge in [-0.1, -0.05) is 25.5 Å². The lowest BCUT2D eigenvalue weighted by Gasteiger charge is -2.07. The van der Waals surface area contributed by atoms with E-state index in [1.165, 1.54) is 11.9 Å². The lowest BCUT2D eigenvalue weighted by Crippen LogP contribution is -2.18. The van der Waals surface area contributed by atoms with Crippen molar-refractivity contribution in [2.45, 2.75) is 50.5 Å². The zero-order valence-electron chi connectivity index (χ0n) is 17.6. The average Bonchev–Trinajstić information content (AvgIpc) is 3.07. The average molecular weight is 442 g/mol. The molecule has 0 unspecified atom stereocenters. The number of nitrogens with one attached hydrogen (secondary N) is 2. The molecule has 0 saturated carbocycles. The predicted octanol–water partition coefficient (Wildman–Crippen LogP) is 3.02. The van der Waals surface area contributed by atoms with Gasteiger partial charge in [-0.15, -0.1) is 0 Å². The van der Waals surface area contributed by atoms with Crippen LogP contribution in [0.3, 0.4) is 0 Å². The number of nitriles is 1. The van der Waals surface area contributed by atoms with E-state index < -0.39 is 0 Å². The van der Waals surface area contributed by atoms with Gasteiger partial charge in [-0.25, -0.2) is 4.79 Å². The molecular weight excluding hydrogens is 414 g/mol. The van der Waals surface area contributed by atoms with Crippen LogP contribution >= 0.6 is 11.9 Å². The number of rotatable bonds is 12. The molecule has 0 radical (unpaired) electrons. The van der Waals surface area contributed by atoms with Crippen LogP contribution in [0.2, 0.25) is 0 Å². The number of nitrogens with two attached hydrogens (primary N) is 1. The van der Waals surface area contributed by atoms with E-state index in [4.69, 9.17) is 15.7 Å². The van der Waals surface area contributed by atoms with Gasteiger partial charge in [-0.05, 0) is 48.9 Å². The summed E-state index contributed by atoms with van der Waals surface area (Å²) in [4.78, 5) is 24.7. The molecule has 3 aromatic rings. The van der Waals surface area contributed by atoms with E-state index >= 15 is 0 Å². The van der Waals surface area contributed by atoms with Crippen molar-refractivity contribution in [1.29, 1.82) is 5.26 Å². The van der Waals surface area contributed by atoms with Crippen molar-refractivity contribution in [3.8, 4) is 12.1 Å². The van der Waals surface area contributed by atoms with Gasteiger partial charge < -0.3 is 15.5 Å². The lowest BCUT2D eigenvalue weighted by atomic mass is 10.2. The van der Waals surface area contributed by atoms with Gasteiger partial charge in [-0.2, -0.15) is 15.2 Å². The normalized spacial score (nSPS) is 11.0. The van der Waals surface area contributed by atoms with E-state index in [9.17, 15) is 4.79 Å². The number of hydrogen-bond donors (Lipinski definition) is 3. The third-order valence-corrected chi connectivity index (χ3v) is 5.48. The molecule has 0 aliphatic carbocycles. The second-order valence-corrected chi connectivity index (χ2v) is 8.02. The second-order valence-electron chi connectivity index (χ2n) is 7.06. The second kappa shape index (κ2) is 11.4. The number of ether oxygens (including phenoxy) is 1. The predicted molar refractivity (Wildman–Crippen MR) is 122 cm³/mol. The number of aryl methyl sites for hydroxylation is 1. The summed E-state index contributed by atoms with van der Waals surface area (Å²) >= 11 is 1.54. The zero-order chi connectivity index (χ0) is 22.1. The van der Waals surface area contributed by atoms with Crippen molar-refractivity contribution in [2.75, 3.05) is 18.9 Å². The van der Waals surface area contributed by atoms with E-state index in [0.717, 1.165) is 42.7 Å². The number of aromatic nitrogens is 4. The highest BCUT2D eigenvalue weighted by molar-refractivity contribution is 7.97. The minimum atomic E-state index is -0.252. The van der Waals surface area contributed by atoms with E-state index in [0.29, 0.717) is 30.7 Å². The van der Waals surface area contributed by atoms with Crippen LogP contribution in [0.25, 0.3) is 11.2 Å². The molecule has 164 valence electrons. The summed E-state index contributed by atoms with van der Waals surface area (Å²) in [6, 6.07) is 10.3. The molecule has 0 spiro atoms. The Morgan fingerprint density at radius 1 is 1.32 bits per heavy atom. The van der Waals surface area contributed by atoms with E-state index in [-0.39, 0.29) is 17.5 Å². The van der Waals surface area contributed by atoms with Crippen molar-refractivity contribution in [3.63, 3.8) is 0 Å². The molecule has 9 nitrogen and oxygen atoms in total. The Morgan fingerprint density at radius 3 is 3.00 bits per heavy atom. The molecule has 4 N–H and O–H groups in total. The van der Waals surface area contributed by atoms with Gasteiger partial charge >= 0.3 is 11.7 Å². The Bertz CT molecular complexity index is 1100. The number of aromatic amines is 1. The molecule has 31 heavy (non-hydrogen) atoms. The molecule has 0 fully saturated rings. The monoisotopic (exact) mass is 441 g/mol. The topological polar surface area (TPSA) is 135 Å². The molecule has 2 aromatic heterocycles. The number of imidazole rings is 1. The van der Waals surface area contributed by atoms with Crippen LogP contribution in [0.5, 0.6) is 6.01 Å². The standard InChI is InChI=1S/C21H27N7O2S/c1-2-3-13-30-20-26-18(23)17-19(27-20)28(21(29)25-17)12-5-4-11-24-31-16-8-6-7-15(14-16)9-10-22/h6-8,14,24H,2-5,9,11-13H2,1H3,(H,25,29)(H2,23,26,27). The van der Waals surface area contributed by atoms with E-state index in [2.05, 4.69) is 32.7 Å². The fourth-order valence-corrected chi connectivity index (χ4v) is 3.79. The maximum Gasteiger partial charge on any atom is 0.327 e. The third kappa shape index (κ3) is 6.23. The first-order valence-corrected chi connectivity index (χ1v) is 11.2. The Morgan fingerprint density at radius 2 is 2.19 bits per heavy atom. The number of unbranched alkanes of at least 4 members (excludes halogenated alkanes) is 2. The first kappa shape index (κ1) is 22.7. The van der Waals surface area contributed by atoms with Crippen molar-refractivity contribution in [3.05, 3.63) is 40.3 Å². The van der Waals surface area contributed by atoms with Crippen LogP contribution < -0.4 is 20.9 Å². The Hall–Kier alpha value is -3.03. The van der Waals surface area contributed by atoms with Gasteiger partial charge in [0.2, 0.25) is 0 Å². The zero-order valence-corrected chi connectivity index (χ0v) is 18.4. The van der Waals surface area contributed by atoms with Gasteiger partial charge in [-0.3, -0.25) is 9.29 Å². The minimum Gasteiger partial charge on any atom is -0.463 e. The molecule has 0 amide bonds. The smallest absolute Gasteiger partial charge is 0.327 e. The highest BCUT2D eigenvalue weighted by atomic mass is 32.2. The molecule has 0 saturated heterocycles. The van der Waals surface area contributed by atoms with Crippen LogP contribution in [-0.4, -0.2) is 32.7 Å².